The van der Waals surface area contributed by atoms with Gasteiger partial charge in [0.2, 0.25) is 0 Å². The Kier molecular flexibility index (Phi) is 3.10. The molecule has 0 spiro atoms. The minimum absolute atomic E-state index is 0.218. The fourth-order valence-electron chi connectivity index (χ4n) is 1.43. The monoisotopic (exact) mass is 219 g/mol. The van der Waals surface area contributed by atoms with Crippen LogP contribution in [0, 0.1) is 5.82 Å². The molecule has 0 fully saturated rings. The summed E-state index contributed by atoms with van der Waals surface area (Å²) in [5, 5.41) is 0. The number of benzene rings is 1. The molecule has 2 aromatic rings. The third kappa shape index (κ3) is 2.53. The molecule has 0 saturated heterocycles. The quantitative estimate of drug-likeness (QED) is 0.740. The molecular weight excluding hydrogens is 209 g/mol. The first-order valence-electron chi connectivity index (χ1n) is 4.89. The van der Waals surface area contributed by atoms with E-state index in [4.69, 9.17) is 4.42 Å². The normalized spacial score (nSPS) is 10.3. The van der Waals surface area contributed by atoms with Crippen molar-refractivity contribution in [2.24, 2.45) is 0 Å². The van der Waals surface area contributed by atoms with E-state index in [2.05, 4.69) is 4.98 Å². The number of oxazole rings is 1. The number of aldehydes is 1. The smallest absolute Gasteiger partial charge is 0.198 e. The van der Waals surface area contributed by atoms with E-state index < -0.39 is 0 Å². The summed E-state index contributed by atoms with van der Waals surface area (Å²) >= 11 is 0. The first-order chi connectivity index (χ1) is 7.78. The van der Waals surface area contributed by atoms with Crippen LogP contribution in [0.3, 0.4) is 0 Å². The number of carbonyl (C=O) groups excluding carboxylic acids is 1. The molecule has 0 unspecified atom stereocenters. The first-order valence-corrected chi connectivity index (χ1v) is 4.89. The molecule has 16 heavy (non-hydrogen) atoms. The Labute approximate surface area is 91.9 Å². The van der Waals surface area contributed by atoms with Crippen LogP contribution in [0.4, 0.5) is 4.39 Å². The molecule has 3 nitrogen and oxygen atoms in total. The average Bonchev–Trinajstić information content (AvgIpc) is 2.66. The molecule has 0 N–H and O–H groups in total. The largest absolute Gasteiger partial charge is 0.445 e. The predicted octanol–water partition coefficient (Wildman–Crippen LogP) is 2.15. The van der Waals surface area contributed by atoms with Crippen molar-refractivity contribution in [3.8, 4) is 0 Å². The third-order valence-corrected chi connectivity index (χ3v) is 2.13. The van der Waals surface area contributed by atoms with Crippen molar-refractivity contribution < 1.29 is 13.6 Å². The minimum Gasteiger partial charge on any atom is -0.445 e. The van der Waals surface area contributed by atoms with Crippen molar-refractivity contribution in [2.45, 2.75) is 12.8 Å². The molecule has 0 aliphatic carbocycles. The van der Waals surface area contributed by atoms with Crippen LogP contribution >= 0.6 is 0 Å². The van der Waals surface area contributed by atoms with Gasteiger partial charge < -0.3 is 9.21 Å². The maximum atomic E-state index is 12.9. The van der Waals surface area contributed by atoms with E-state index in [1.54, 1.807) is 12.1 Å². The highest BCUT2D eigenvalue weighted by atomic mass is 19.1. The number of hydrogen-bond acceptors (Lipinski definition) is 3. The van der Waals surface area contributed by atoms with Gasteiger partial charge in [0.1, 0.15) is 17.9 Å². The van der Waals surface area contributed by atoms with Crippen molar-refractivity contribution in [1.82, 2.24) is 4.98 Å². The number of halogens is 1. The van der Waals surface area contributed by atoms with Crippen LogP contribution in [0.25, 0.3) is 0 Å². The summed E-state index contributed by atoms with van der Waals surface area (Å²) < 4.78 is 18.2. The molecule has 0 atom stereocenters. The average molecular weight is 219 g/mol. The topological polar surface area (TPSA) is 43.1 Å². The van der Waals surface area contributed by atoms with Crippen molar-refractivity contribution in [2.75, 3.05) is 0 Å². The van der Waals surface area contributed by atoms with Gasteiger partial charge in [0.15, 0.2) is 5.89 Å². The van der Waals surface area contributed by atoms with E-state index in [0.29, 0.717) is 18.1 Å². The van der Waals surface area contributed by atoms with Crippen molar-refractivity contribution in [3.05, 3.63) is 53.5 Å². The van der Waals surface area contributed by atoms with E-state index in [-0.39, 0.29) is 12.2 Å². The Hall–Kier alpha value is -1.97. The van der Waals surface area contributed by atoms with Gasteiger partial charge in [-0.1, -0.05) is 12.1 Å². The van der Waals surface area contributed by atoms with Gasteiger partial charge in [-0.3, -0.25) is 0 Å². The fourth-order valence-corrected chi connectivity index (χ4v) is 1.43. The van der Waals surface area contributed by atoms with E-state index >= 15 is 0 Å². The molecule has 0 amide bonds. The number of rotatable bonds is 4. The first kappa shape index (κ1) is 10.5. The molecular formula is C12H10FNO2. The number of aromatic nitrogens is 1. The second kappa shape index (κ2) is 4.70. The van der Waals surface area contributed by atoms with Crippen LogP contribution in [0.2, 0.25) is 0 Å². The summed E-state index contributed by atoms with van der Waals surface area (Å²) in [6, 6.07) is 6.26. The van der Waals surface area contributed by atoms with Crippen LogP contribution in [0.5, 0.6) is 0 Å². The van der Waals surface area contributed by atoms with Gasteiger partial charge in [-0.15, -0.1) is 0 Å². The lowest BCUT2D eigenvalue weighted by molar-refractivity contribution is -0.107. The SMILES string of the molecule is O=CCc1cnc(Cc2cccc(F)c2)o1. The van der Waals surface area contributed by atoms with E-state index in [1.807, 2.05) is 0 Å². The van der Waals surface area contributed by atoms with Crippen molar-refractivity contribution >= 4 is 6.29 Å². The van der Waals surface area contributed by atoms with Crippen molar-refractivity contribution in [3.63, 3.8) is 0 Å². The minimum atomic E-state index is -0.280. The van der Waals surface area contributed by atoms with Gasteiger partial charge in [-0.25, -0.2) is 9.37 Å². The standard InChI is InChI=1S/C12H10FNO2/c13-10-3-1-2-9(6-10)7-12-14-8-11(16-12)4-5-15/h1-3,5-6,8H,4,7H2. The summed E-state index contributed by atoms with van der Waals surface area (Å²) in [5.41, 5.74) is 0.791. The van der Waals surface area contributed by atoms with E-state index in [1.165, 1.54) is 18.3 Å². The predicted molar refractivity (Wildman–Crippen MR) is 55.5 cm³/mol. The Morgan fingerprint density at radius 3 is 3.06 bits per heavy atom. The van der Waals surface area contributed by atoms with Crippen LogP contribution in [-0.4, -0.2) is 11.3 Å². The second-order valence-corrected chi connectivity index (χ2v) is 3.40. The summed E-state index contributed by atoms with van der Waals surface area (Å²) in [6.45, 7) is 0. The molecule has 0 aliphatic heterocycles. The summed E-state index contributed by atoms with van der Waals surface area (Å²) in [6.07, 6.45) is 2.92. The lowest BCUT2D eigenvalue weighted by atomic mass is 10.1. The zero-order chi connectivity index (χ0) is 11.4. The lowest BCUT2D eigenvalue weighted by Gasteiger charge is -1.97. The third-order valence-electron chi connectivity index (χ3n) is 2.13. The molecule has 82 valence electrons. The highest BCUT2D eigenvalue weighted by molar-refractivity contribution is 5.52. The molecule has 1 aromatic carbocycles. The lowest BCUT2D eigenvalue weighted by Crippen LogP contribution is -1.88. The van der Waals surface area contributed by atoms with Gasteiger partial charge in [-0.2, -0.15) is 0 Å². The summed E-state index contributed by atoms with van der Waals surface area (Å²) in [7, 11) is 0. The highest BCUT2D eigenvalue weighted by Crippen LogP contribution is 2.11. The fraction of sp³-hybridized carbons (Fsp3) is 0.167. The van der Waals surface area contributed by atoms with Crippen LogP contribution in [-0.2, 0) is 17.6 Å². The molecule has 0 saturated carbocycles. The van der Waals surface area contributed by atoms with Crippen LogP contribution < -0.4 is 0 Å². The number of carbonyl (C=O) groups is 1. The second-order valence-electron chi connectivity index (χ2n) is 3.40. The molecule has 2 rings (SSSR count). The molecule has 0 aliphatic rings. The number of nitrogens with zero attached hydrogens (tertiary/aromatic N) is 1. The Morgan fingerprint density at radius 1 is 1.44 bits per heavy atom. The van der Waals surface area contributed by atoms with Gasteiger partial charge in [0, 0.05) is 6.42 Å². The van der Waals surface area contributed by atoms with E-state index in [9.17, 15) is 9.18 Å². The maximum absolute atomic E-state index is 12.9. The summed E-state index contributed by atoms with van der Waals surface area (Å²) in [5.74, 6) is 0.737. The number of hydrogen-bond donors (Lipinski definition) is 0. The van der Waals surface area contributed by atoms with Gasteiger partial charge >= 0.3 is 0 Å². The zero-order valence-corrected chi connectivity index (χ0v) is 8.52. The van der Waals surface area contributed by atoms with Gasteiger partial charge in [-0.05, 0) is 17.7 Å². The maximum Gasteiger partial charge on any atom is 0.198 e. The highest BCUT2D eigenvalue weighted by Gasteiger charge is 2.05. The Morgan fingerprint density at radius 2 is 2.31 bits per heavy atom. The molecule has 1 heterocycles. The summed E-state index contributed by atoms with van der Waals surface area (Å²) in [4.78, 5) is 14.3. The van der Waals surface area contributed by atoms with Crippen molar-refractivity contribution in [1.29, 1.82) is 0 Å². The molecule has 1 aromatic heterocycles. The Balaban J connectivity index is 2.11. The molecule has 4 heteroatoms. The Bertz CT molecular complexity index is 493. The van der Waals surface area contributed by atoms with Crippen LogP contribution in [0.15, 0.2) is 34.9 Å². The molecule has 0 radical (unpaired) electrons. The van der Waals surface area contributed by atoms with Gasteiger partial charge in [0.05, 0.1) is 12.6 Å². The zero-order valence-electron chi connectivity index (χ0n) is 8.52. The molecule has 0 bridgehead atoms. The van der Waals surface area contributed by atoms with Gasteiger partial charge in [0.25, 0.3) is 0 Å². The van der Waals surface area contributed by atoms with Crippen LogP contribution in [0.1, 0.15) is 17.2 Å². The van der Waals surface area contributed by atoms with E-state index in [0.717, 1.165) is 11.8 Å².